The predicted octanol–water partition coefficient (Wildman–Crippen LogP) is 1.93. The third-order valence-electron chi connectivity index (χ3n) is 2.74. The van der Waals surface area contributed by atoms with Gasteiger partial charge in [-0.1, -0.05) is 12.1 Å². The van der Waals surface area contributed by atoms with Crippen molar-refractivity contribution in [3.05, 3.63) is 51.5 Å². The normalized spacial score (nSPS) is 10.6. The van der Waals surface area contributed by atoms with Crippen LogP contribution in [0.3, 0.4) is 0 Å². The van der Waals surface area contributed by atoms with Crippen LogP contribution in [0, 0.1) is 6.92 Å². The summed E-state index contributed by atoms with van der Waals surface area (Å²) in [6.45, 7) is 1.89. The zero-order chi connectivity index (χ0) is 15.9. The number of thiazole rings is 1. The van der Waals surface area contributed by atoms with Crippen LogP contribution in [0.2, 0.25) is 0 Å². The molecule has 114 valence electrons. The lowest BCUT2D eigenvalue weighted by molar-refractivity contribution is -0.120. The molecule has 22 heavy (non-hydrogen) atoms. The van der Waals surface area contributed by atoms with E-state index in [4.69, 9.17) is 0 Å². The van der Waals surface area contributed by atoms with E-state index in [0.717, 1.165) is 16.3 Å². The van der Waals surface area contributed by atoms with Crippen molar-refractivity contribution in [3.8, 4) is 0 Å². The minimum Gasteiger partial charge on any atom is -0.465 e. The molecular weight excluding hydrogens is 302 g/mol. The highest BCUT2D eigenvalue weighted by Gasteiger charge is 2.05. The first kappa shape index (κ1) is 15.8. The average Bonchev–Trinajstić information content (AvgIpc) is 2.92. The molecule has 0 radical (unpaired) electrons. The van der Waals surface area contributed by atoms with E-state index in [2.05, 4.69) is 20.2 Å². The van der Waals surface area contributed by atoms with E-state index < -0.39 is 5.97 Å². The van der Waals surface area contributed by atoms with Gasteiger partial charge >= 0.3 is 5.97 Å². The van der Waals surface area contributed by atoms with Crippen LogP contribution in [-0.4, -0.2) is 30.2 Å². The molecule has 6 nitrogen and oxygen atoms in total. The minimum atomic E-state index is -0.393. The molecule has 1 aromatic carbocycles. The fraction of sp³-hybridized carbons (Fsp3) is 0.200. The molecule has 1 N–H and O–H groups in total. The molecule has 0 aliphatic rings. The first-order valence-corrected chi connectivity index (χ1v) is 7.37. The largest absolute Gasteiger partial charge is 0.465 e. The summed E-state index contributed by atoms with van der Waals surface area (Å²) in [6.07, 6.45) is 1.70. The Labute approximate surface area is 131 Å². The molecule has 0 saturated carbocycles. The van der Waals surface area contributed by atoms with Crippen molar-refractivity contribution in [3.63, 3.8) is 0 Å². The maximum Gasteiger partial charge on any atom is 0.337 e. The molecule has 1 heterocycles. The number of methoxy groups -OCH3 is 1. The number of nitrogens with zero attached hydrogens (tertiary/aromatic N) is 2. The monoisotopic (exact) mass is 317 g/mol. The fourth-order valence-electron chi connectivity index (χ4n) is 1.70. The van der Waals surface area contributed by atoms with Gasteiger partial charge in [0.05, 0.1) is 36.0 Å². The van der Waals surface area contributed by atoms with Crippen LogP contribution >= 0.6 is 11.3 Å². The fourth-order valence-corrected chi connectivity index (χ4v) is 2.31. The third-order valence-corrected chi connectivity index (χ3v) is 3.57. The van der Waals surface area contributed by atoms with Gasteiger partial charge in [-0.2, -0.15) is 5.10 Å². The number of carbonyl (C=O) groups is 2. The second-order valence-electron chi connectivity index (χ2n) is 4.44. The van der Waals surface area contributed by atoms with E-state index in [9.17, 15) is 9.59 Å². The van der Waals surface area contributed by atoms with Gasteiger partial charge < -0.3 is 4.74 Å². The van der Waals surface area contributed by atoms with E-state index >= 15 is 0 Å². The molecule has 0 bridgehead atoms. The van der Waals surface area contributed by atoms with Crippen molar-refractivity contribution in [2.24, 2.45) is 5.10 Å². The van der Waals surface area contributed by atoms with Gasteiger partial charge in [0.15, 0.2) is 0 Å². The quantitative estimate of drug-likeness (QED) is 0.519. The number of carbonyl (C=O) groups excluding carboxylic acids is 2. The van der Waals surface area contributed by atoms with Crippen molar-refractivity contribution < 1.29 is 14.3 Å². The van der Waals surface area contributed by atoms with Crippen molar-refractivity contribution in [2.75, 3.05) is 7.11 Å². The van der Waals surface area contributed by atoms with Gasteiger partial charge in [-0.25, -0.2) is 15.2 Å². The maximum atomic E-state index is 11.7. The Balaban J connectivity index is 1.86. The summed E-state index contributed by atoms with van der Waals surface area (Å²) in [7, 11) is 1.33. The second kappa shape index (κ2) is 7.46. The summed E-state index contributed by atoms with van der Waals surface area (Å²) in [5.41, 5.74) is 4.40. The van der Waals surface area contributed by atoms with Crippen LogP contribution < -0.4 is 5.43 Å². The number of esters is 1. The first-order chi connectivity index (χ1) is 10.6. The summed E-state index contributed by atoms with van der Waals surface area (Å²) in [6, 6.07) is 6.69. The topological polar surface area (TPSA) is 80.6 Å². The van der Waals surface area contributed by atoms with E-state index in [-0.39, 0.29) is 12.3 Å². The molecule has 7 heteroatoms. The number of nitrogens with one attached hydrogen (secondary N) is 1. The molecule has 2 rings (SSSR count). The molecular formula is C15H15N3O3S. The van der Waals surface area contributed by atoms with Gasteiger partial charge in [-0.15, -0.1) is 11.3 Å². The number of amides is 1. The highest BCUT2D eigenvalue weighted by Crippen LogP contribution is 2.08. The number of hydrogen-bond acceptors (Lipinski definition) is 6. The van der Waals surface area contributed by atoms with Crippen molar-refractivity contribution in [1.29, 1.82) is 0 Å². The smallest absolute Gasteiger partial charge is 0.337 e. The lowest BCUT2D eigenvalue weighted by Crippen LogP contribution is -2.19. The van der Waals surface area contributed by atoms with Crippen LogP contribution in [0.4, 0.5) is 0 Å². The van der Waals surface area contributed by atoms with Crippen molar-refractivity contribution in [2.45, 2.75) is 13.3 Å². The molecule has 0 atom stereocenters. The molecule has 1 aromatic heterocycles. The van der Waals surface area contributed by atoms with E-state index in [1.807, 2.05) is 12.3 Å². The summed E-state index contributed by atoms with van der Waals surface area (Å²) >= 11 is 1.51. The van der Waals surface area contributed by atoms with Crippen LogP contribution in [0.1, 0.15) is 26.6 Å². The Morgan fingerprint density at radius 1 is 1.36 bits per heavy atom. The van der Waals surface area contributed by atoms with Crippen molar-refractivity contribution >= 4 is 29.4 Å². The van der Waals surface area contributed by atoms with Gasteiger partial charge in [0, 0.05) is 5.38 Å². The van der Waals surface area contributed by atoms with E-state index in [1.165, 1.54) is 24.7 Å². The number of benzene rings is 1. The van der Waals surface area contributed by atoms with Gasteiger partial charge in [0.25, 0.3) is 0 Å². The lowest BCUT2D eigenvalue weighted by atomic mass is 10.1. The minimum absolute atomic E-state index is 0.197. The highest BCUT2D eigenvalue weighted by atomic mass is 32.1. The van der Waals surface area contributed by atoms with Gasteiger partial charge in [0.2, 0.25) is 5.91 Å². The molecule has 0 aliphatic carbocycles. The van der Waals surface area contributed by atoms with E-state index in [1.54, 1.807) is 24.3 Å². The Morgan fingerprint density at radius 3 is 2.68 bits per heavy atom. The van der Waals surface area contributed by atoms with E-state index in [0.29, 0.717) is 5.56 Å². The number of hydrogen-bond donors (Lipinski definition) is 1. The molecule has 1 amide bonds. The van der Waals surface area contributed by atoms with Gasteiger partial charge in [-0.05, 0) is 24.6 Å². The van der Waals surface area contributed by atoms with Crippen LogP contribution in [0.5, 0.6) is 0 Å². The average molecular weight is 317 g/mol. The summed E-state index contributed by atoms with van der Waals surface area (Å²) in [4.78, 5) is 27.2. The number of aromatic nitrogens is 1. The Bertz CT molecular complexity index is 692. The predicted molar refractivity (Wildman–Crippen MR) is 84.1 cm³/mol. The Hall–Kier alpha value is -2.54. The van der Waals surface area contributed by atoms with Crippen LogP contribution in [0.15, 0.2) is 34.7 Å². The molecule has 0 aliphatic heterocycles. The number of rotatable bonds is 5. The standard InChI is InChI=1S/C15H15N3O3S/c1-10-17-13(9-22-10)7-14(19)18-16-8-11-3-5-12(6-4-11)15(20)21-2/h3-6,8-9H,7H2,1-2H3,(H,18,19). The molecule has 2 aromatic rings. The highest BCUT2D eigenvalue weighted by molar-refractivity contribution is 7.09. The first-order valence-electron chi connectivity index (χ1n) is 6.50. The SMILES string of the molecule is COC(=O)c1ccc(C=NNC(=O)Cc2csc(C)n2)cc1. The van der Waals surface area contributed by atoms with Crippen LogP contribution in [0.25, 0.3) is 0 Å². The molecule has 0 saturated heterocycles. The Kier molecular flexibility index (Phi) is 5.37. The zero-order valence-electron chi connectivity index (χ0n) is 12.2. The van der Waals surface area contributed by atoms with Crippen LogP contribution in [-0.2, 0) is 16.0 Å². The summed E-state index contributed by atoms with van der Waals surface area (Å²) in [5.74, 6) is -0.622. The van der Waals surface area contributed by atoms with Gasteiger partial charge in [-0.3, -0.25) is 4.79 Å². The third kappa shape index (κ3) is 4.49. The maximum absolute atomic E-state index is 11.7. The lowest BCUT2D eigenvalue weighted by Gasteiger charge is -1.99. The number of hydrazone groups is 1. The van der Waals surface area contributed by atoms with Crippen molar-refractivity contribution in [1.82, 2.24) is 10.4 Å². The molecule has 0 spiro atoms. The van der Waals surface area contributed by atoms with Gasteiger partial charge in [0.1, 0.15) is 0 Å². The number of aryl methyl sites for hydroxylation is 1. The number of ether oxygens (including phenoxy) is 1. The molecule has 0 unspecified atom stereocenters. The summed E-state index contributed by atoms with van der Waals surface area (Å²) in [5, 5.41) is 6.65. The summed E-state index contributed by atoms with van der Waals surface area (Å²) < 4.78 is 4.61. The Morgan fingerprint density at radius 2 is 2.09 bits per heavy atom. The second-order valence-corrected chi connectivity index (χ2v) is 5.50. The zero-order valence-corrected chi connectivity index (χ0v) is 13.0. The molecule has 0 fully saturated rings.